The smallest absolute Gasteiger partial charge is 0.0217 e. The SMILES string of the molecule is CC(C)CC(CC(C)(C)C)NN. The predicted octanol–water partition coefficient (Wildman–Crippen LogP) is 2.30. The van der Waals surface area contributed by atoms with E-state index in [2.05, 4.69) is 40.0 Å². The van der Waals surface area contributed by atoms with Gasteiger partial charge in [0.05, 0.1) is 0 Å². The van der Waals surface area contributed by atoms with Gasteiger partial charge in [0.15, 0.2) is 0 Å². The van der Waals surface area contributed by atoms with Crippen LogP contribution in [0.25, 0.3) is 0 Å². The third-order valence-electron chi connectivity index (χ3n) is 1.85. The second-order valence-electron chi connectivity index (χ2n) is 5.26. The summed E-state index contributed by atoms with van der Waals surface area (Å²) in [4.78, 5) is 0. The van der Waals surface area contributed by atoms with Gasteiger partial charge in [-0.15, -0.1) is 0 Å². The van der Waals surface area contributed by atoms with E-state index in [4.69, 9.17) is 5.84 Å². The highest BCUT2D eigenvalue weighted by Gasteiger charge is 2.18. The monoisotopic (exact) mass is 172 g/mol. The van der Waals surface area contributed by atoms with E-state index in [1.165, 1.54) is 0 Å². The molecule has 0 aromatic rings. The molecule has 0 bridgehead atoms. The second-order valence-corrected chi connectivity index (χ2v) is 5.26. The minimum absolute atomic E-state index is 0.367. The maximum atomic E-state index is 5.48. The van der Waals surface area contributed by atoms with Crippen LogP contribution in [-0.2, 0) is 0 Å². The fourth-order valence-corrected chi connectivity index (χ4v) is 1.52. The summed E-state index contributed by atoms with van der Waals surface area (Å²) in [7, 11) is 0. The van der Waals surface area contributed by atoms with E-state index in [1.54, 1.807) is 0 Å². The van der Waals surface area contributed by atoms with Crippen molar-refractivity contribution in [2.75, 3.05) is 0 Å². The van der Waals surface area contributed by atoms with Gasteiger partial charge in [0.2, 0.25) is 0 Å². The molecule has 1 unspecified atom stereocenters. The average molecular weight is 172 g/mol. The van der Waals surface area contributed by atoms with Crippen LogP contribution in [0.2, 0.25) is 0 Å². The molecule has 2 nitrogen and oxygen atoms in total. The highest BCUT2D eigenvalue weighted by Crippen LogP contribution is 2.23. The summed E-state index contributed by atoms with van der Waals surface area (Å²) in [6.45, 7) is 11.2. The Bertz CT molecular complexity index is 113. The summed E-state index contributed by atoms with van der Waals surface area (Å²) >= 11 is 0. The van der Waals surface area contributed by atoms with Crippen molar-refractivity contribution in [1.82, 2.24) is 5.43 Å². The molecule has 0 radical (unpaired) electrons. The lowest BCUT2D eigenvalue weighted by Gasteiger charge is -2.26. The molecular weight excluding hydrogens is 148 g/mol. The van der Waals surface area contributed by atoms with Crippen LogP contribution in [0.3, 0.4) is 0 Å². The summed E-state index contributed by atoms with van der Waals surface area (Å²) < 4.78 is 0. The second kappa shape index (κ2) is 4.83. The molecule has 0 amide bonds. The van der Waals surface area contributed by atoms with Crippen molar-refractivity contribution in [3.63, 3.8) is 0 Å². The summed E-state index contributed by atoms with van der Waals surface area (Å²) in [6, 6.07) is 0.463. The Kier molecular flexibility index (Phi) is 4.80. The molecule has 3 N–H and O–H groups in total. The summed E-state index contributed by atoms with van der Waals surface area (Å²) in [6.07, 6.45) is 2.30. The van der Waals surface area contributed by atoms with E-state index < -0.39 is 0 Å². The highest BCUT2D eigenvalue weighted by atomic mass is 15.2. The van der Waals surface area contributed by atoms with Gasteiger partial charge in [-0.25, -0.2) is 0 Å². The molecule has 0 aromatic carbocycles. The zero-order chi connectivity index (χ0) is 9.78. The fourth-order valence-electron chi connectivity index (χ4n) is 1.52. The molecule has 0 heterocycles. The first-order chi connectivity index (χ1) is 5.35. The molecule has 0 saturated heterocycles. The number of hydrogen-bond donors (Lipinski definition) is 2. The molecule has 1 atom stereocenters. The molecule has 0 saturated carbocycles. The highest BCUT2D eigenvalue weighted by molar-refractivity contribution is 4.73. The topological polar surface area (TPSA) is 38.0 Å². The van der Waals surface area contributed by atoms with Gasteiger partial charge in [0.1, 0.15) is 0 Å². The van der Waals surface area contributed by atoms with Crippen LogP contribution < -0.4 is 11.3 Å². The van der Waals surface area contributed by atoms with Crippen LogP contribution >= 0.6 is 0 Å². The molecule has 0 fully saturated rings. The zero-order valence-electron chi connectivity index (χ0n) is 9.15. The van der Waals surface area contributed by atoms with Crippen molar-refractivity contribution in [3.05, 3.63) is 0 Å². The van der Waals surface area contributed by atoms with Crippen LogP contribution in [0.15, 0.2) is 0 Å². The van der Waals surface area contributed by atoms with Crippen LogP contribution in [0.1, 0.15) is 47.5 Å². The van der Waals surface area contributed by atoms with Crippen molar-refractivity contribution in [2.24, 2.45) is 17.2 Å². The molecule has 74 valence electrons. The van der Waals surface area contributed by atoms with Gasteiger partial charge in [0.25, 0.3) is 0 Å². The molecular formula is C10H24N2. The van der Waals surface area contributed by atoms with E-state index >= 15 is 0 Å². The van der Waals surface area contributed by atoms with Gasteiger partial charge < -0.3 is 0 Å². The van der Waals surface area contributed by atoms with Crippen LogP contribution in [0.4, 0.5) is 0 Å². The molecule has 0 aliphatic heterocycles. The number of hydrogen-bond acceptors (Lipinski definition) is 2. The lowest BCUT2D eigenvalue weighted by molar-refractivity contribution is 0.283. The van der Waals surface area contributed by atoms with E-state index in [1.807, 2.05) is 0 Å². The summed E-state index contributed by atoms with van der Waals surface area (Å²) in [5, 5.41) is 0. The standard InChI is InChI=1S/C10H24N2/c1-8(2)6-9(12-11)7-10(3,4)5/h8-9,12H,6-7,11H2,1-5H3. The molecule has 0 spiro atoms. The first-order valence-electron chi connectivity index (χ1n) is 4.81. The minimum atomic E-state index is 0.367. The number of hydrazine groups is 1. The largest absolute Gasteiger partial charge is 0.271 e. The normalized spacial score (nSPS) is 15.2. The van der Waals surface area contributed by atoms with E-state index in [0.29, 0.717) is 17.4 Å². The van der Waals surface area contributed by atoms with Gasteiger partial charge in [0, 0.05) is 6.04 Å². The maximum Gasteiger partial charge on any atom is 0.0217 e. The third kappa shape index (κ3) is 6.62. The summed E-state index contributed by atoms with van der Waals surface area (Å²) in [5.74, 6) is 6.19. The van der Waals surface area contributed by atoms with E-state index in [-0.39, 0.29) is 0 Å². The Morgan fingerprint density at radius 2 is 1.75 bits per heavy atom. The lowest BCUT2D eigenvalue weighted by Crippen LogP contribution is -2.38. The Morgan fingerprint density at radius 3 is 2.00 bits per heavy atom. The van der Waals surface area contributed by atoms with Crippen molar-refractivity contribution >= 4 is 0 Å². The number of nitrogens with one attached hydrogen (secondary N) is 1. The van der Waals surface area contributed by atoms with Crippen molar-refractivity contribution < 1.29 is 0 Å². The van der Waals surface area contributed by atoms with Crippen molar-refractivity contribution in [2.45, 2.75) is 53.5 Å². The van der Waals surface area contributed by atoms with E-state index in [9.17, 15) is 0 Å². The predicted molar refractivity (Wildman–Crippen MR) is 54.6 cm³/mol. The third-order valence-corrected chi connectivity index (χ3v) is 1.85. The van der Waals surface area contributed by atoms with Gasteiger partial charge in [-0.2, -0.15) is 0 Å². The van der Waals surface area contributed by atoms with Gasteiger partial charge in [-0.1, -0.05) is 34.6 Å². The minimum Gasteiger partial charge on any atom is -0.271 e. The van der Waals surface area contributed by atoms with Crippen molar-refractivity contribution in [3.8, 4) is 0 Å². The van der Waals surface area contributed by atoms with Gasteiger partial charge in [-0.05, 0) is 24.2 Å². The first-order valence-corrected chi connectivity index (χ1v) is 4.81. The molecule has 0 rings (SSSR count). The van der Waals surface area contributed by atoms with Gasteiger partial charge >= 0.3 is 0 Å². The van der Waals surface area contributed by atoms with E-state index in [0.717, 1.165) is 12.8 Å². The quantitative estimate of drug-likeness (QED) is 0.504. The fraction of sp³-hybridized carbons (Fsp3) is 1.00. The molecule has 0 aliphatic rings. The maximum absolute atomic E-state index is 5.48. The van der Waals surface area contributed by atoms with Crippen LogP contribution in [-0.4, -0.2) is 6.04 Å². The molecule has 2 heteroatoms. The molecule has 0 aliphatic carbocycles. The Hall–Kier alpha value is -0.0800. The Labute approximate surface area is 76.9 Å². The van der Waals surface area contributed by atoms with Gasteiger partial charge in [-0.3, -0.25) is 11.3 Å². The van der Waals surface area contributed by atoms with Crippen LogP contribution in [0.5, 0.6) is 0 Å². The molecule has 12 heavy (non-hydrogen) atoms. The average Bonchev–Trinajstić information content (AvgIpc) is 1.82. The first kappa shape index (κ1) is 11.9. The summed E-state index contributed by atoms with van der Waals surface area (Å²) in [5.41, 5.74) is 3.26. The lowest BCUT2D eigenvalue weighted by atomic mass is 9.85. The number of rotatable bonds is 4. The zero-order valence-corrected chi connectivity index (χ0v) is 9.15. The Balaban J connectivity index is 3.83. The molecule has 0 aromatic heterocycles. The Morgan fingerprint density at radius 1 is 1.25 bits per heavy atom. The number of nitrogens with two attached hydrogens (primary N) is 1. The van der Waals surface area contributed by atoms with Crippen molar-refractivity contribution in [1.29, 1.82) is 0 Å². The van der Waals surface area contributed by atoms with Crippen LogP contribution in [0, 0.1) is 11.3 Å².